The highest BCUT2D eigenvalue weighted by atomic mass is 32.2. The summed E-state index contributed by atoms with van der Waals surface area (Å²) in [5, 5.41) is 8.60. The van der Waals surface area contributed by atoms with Crippen molar-refractivity contribution in [2.24, 2.45) is 0 Å². The van der Waals surface area contributed by atoms with Crippen LogP contribution in [-0.4, -0.2) is 25.9 Å². The number of nitrogens with one attached hydrogen (secondary N) is 1. The third-order valence-corrected chi connectivity index (χ3v) is 3.75. The van der Waals surface area contributed by atoms with Crippen molar-refractivity contribution in [2.75, 3.05) is 17.1 Å². The van der Waals surface area contributed by atoms with E-state index >= 15 is 0 Å². The van der Waals surface area contributed by atoms with Gasteiger partial charge in [-0.05, 0) is 37.1 Å². The summed E-state index contributed by atoms with van der Waals surface area (Å²) in [6.45, 7) is 3.44. The summed E-state index contributed by atoms with van der Waals surface area (Å²) >= 11 is 0. The Kier molecular flexibility index (Phi) is 5.20. The summed E-state index contributed by atoms with van der Waals surface area (Å²) in [6, 6.07) is 5.19. The molecule has 18 heavy (non-hydrogen) atoms. The zero-order chi connectivity index (χ0) is 13.6. The number of hydrogen-bond donors (Lipinski definition) is 2. The molecule has 0 aliphatic carbocycles. The van der Waals surface area contributed by atoms with Gasteiger partial charge in [0.2, 0.25) is 10.0 Å². The fourth-order valence-electron chi connectivity index (χ4n) is 1.48. The molecule has 0 amide bonds. The zero-order valence-electron chi connectivity index (χ0n) is 10.5. The molecule has 0 bridgehead atoms. The summed E-state index contributed by atoms with van der Waals surface area (Å²) in [4.78, 5) is 0. The average molecular weight is 267 g/mol. The summed E-state index contributed by atoms with van der Waals surface area (Å²) in [6.07, 6.45) is 0.578. The first-order chi connectivity index (χ1) is 8.48. The van der Waals surface area contributed by atoms with E-state index < -0.39 is 10.0 Å². The molecule has 1 rings (SSSR count). The zero-order valence-corrected chi connectivity index (χ0v) is 11.3. The van der Waals surface area contributed by atoms with Gasteiger partial charge in [0.15, 0.2) is 0 Å². The molecule has 2 N–H and O–H groups in total. The van der Waals surface area contributed by atoms with Gasteiger partial charge < -0.3 is 5.11 Å². The maximum atomic E-state index is 11.6. The molecule has 98 valence electrons. The van der Waals surface area contributed by atoms with Crippen LogP contribution in [0.15, 0.2) is 18.2 Å². The molecule has 0 radical (unpaired) electrons. The van der Waals surface area contributed by atoms with Gasteiger partial charge in [0.25, 0.3) is 0 Å². The van der Waals surface area contributed by atoms with Gasteiger partial charge in [-0.2, -0.15) is 0 Å². The number of aliphatic hydroxyl groups excluding tert-OH is 1. The topological polar surface area (TPSA) is 66.4 Å². The van der Waals surface area contributed by atoms with Crippen molar-refractivity contribution in [1.82, 2.24) is 0 Å². The number of sulfonamides is 1. The number of benzene rings is 1. The largest absolute Gasteiger partial charge is 0.384 e. The molecule has 1 aromatic rings. The highest BCUT2D eigenvalue weighted by Gasteiger charge is 2.10. The Bertz CT molecular complexity index is 568. The molecular formula is C13H17NO3S. The summed E-state index contributed by atoms with van der Waals surface area (Å²) in [7, 11) is -3.26. The Hall–Kier alpha value is -1.51. The highest BCUT2D eigenvalue weighted by Crippen LogP contribution is 2.17. The van der Waals surface area contributed by atoms with Crippen LogP contribution < -0.4 is 4.72 Å². The fourth-order valence-corrected chi connectivity index (χ4v) is 2.69. The van der Waals surface area contributed by atoms with E-state index in [0.29, 0.717) is 12.1 Å². The van der Waals surface area contributed by atoms with Crippen LogP contribution in [0, 0.1) is 18.8 Å². The van der Waals surface area contributed by atoms with E-state index in [1.54, 1.807) is 18.2 Å². The molecule has 0 aliphatic heterocycles. The molecule has 0 saturated carbocycles. The van der Waals surface area contributed by atoms with Crippen LogP contribution in [0.3, 0.4) is 0 Å². The Balaban J connectivity index is 2.93. The number of anilines is 1. The van der Waals surface area contributed by atoms with Gasteiger partial charge >= 0.3 is 0 Å². The lowest BCUT2D eigenvalue weighted by molar-refractivity contribution is 0.350. The third-order valence-electron chi connectivity index (χ3n) is 2.28. The number of rotatable bonds is 4. The van der Waals surface area contributed by atoms with E-state index in [9.17, 15) is 8.42 Å². The lowest BCUT2D eigenvalue weighted by atomic mass is 10.1. The Morgan fingerprint density at radius 2 is 2.11 bits per heavy atom. The summed E-state index contributed by atoms with van der Waals surface area (Å²) in [5.74, 6) is 5.43. The maximum Gasteiger partial charge on any atom is 0.232 e. The number of hydrogen-bond acceptors (Lipinski definition) is 3. The Morgan fingerprint density at radius 1 is 1.39 bits per heavy atom. The van der Waals surface area contributed by atoms with Gasteiger partial charge in [0.05, 0.1) is 11.4 Å². The van der Waals surface area contributed by atoms with Gasteiger partial charge in [0.1, 0.15) is 6.61 Å². The molecule has 0 saturated heterocycles. The van der Waals surface area contributed by atoms with Crippen LogP contribution in [0.2, 0.25) is 0 Å². The van der Waals surface area contributed by atoms with Crippen LogP contribution in [0.1, 0.15) is 24.5 Å². The van der Waals surface area contributed by atoms with Crippen LogP contribution in [0.5, 0.6) is 0 Å². The van der Waals surface area contributed by atoms with Crippen molar-refractivity contribution in [3.8, 4) is 11.8 Å². The SMILES string of the molecule is CCCS(=O)(=O)Nc1ccc(C#CCO)cc1C. The maximum absolute atomic E-state index is 11.6. The van der Waals surface area contributed by atoms with Crippen molar-refractivity contribution in [3.05, 3.63) is 29.3 Å². The molecule has 0 aromatic heterocycles. The fraction of sp³-hybridized carbons (Fsp3) is 0.385. The first-order valence-corrected chi connectivity index (χ1v) is 7.34. The first kappa shape index (κ1) is 14.6. The van der Waals surface area contributed by atoms with E-state index in [4.69, 9.17) is 5.11 Å². The molecule has 0 unspecified atom stereocenters. The minimum atomic E-state index is -3.26. The van der Waals surface area contributed by atoms with E-state index in [1.165, 1.54) is 0 Å². The van der Waals surface area contributed by atoms with Crippen LogP contribution >= 0.6 is 0 Å². The summed E-state index contributed by atoms with van der Waals surface area (Å²) < 4.78 is 25.8. The molecule has 5 heteroatoms. The van der Waals surface area contributed by atoms with Gasteiger partial charge in [-0.15, -0.1) is 0 Å². The molecule has 0 atom stereocenters. The Labute approximate surface area is 108 Å². The normalized spacial score (nSPS) is 10.6. The van der Waals surface area contributed by atoms with Crippen molar-refractivity contribution in [1.29, 1.82) is 0 Å². The van der Waals surface area contributed by atoms with E-state index in [0.717, 1.165) is 11.1 Å². The Morgan fingerprint density at radius 3 is 2.67 bits per heavy atom. The molecule has 1 aromatic carbocycles. The first-order valence-electron chi connectivity index (χ1n) is 5.69. The minimum absolute atomic E-state index is 0.110. The summed E-state index contributed by atoms with van der Waals surface area (Å²) in [5.41, 5.74) is 2.12. The van der Waals surface area contributed by atoms with Gasteiger partial charge in [-0.25, -0.2) is 8.42 Å². The monoisotopic (exact) mass is 267 g/mol. The molecule has 0 aliphatic rings. The second kappa shape index (κ2) is 6.43. The number of aliphatic hydroxyl groups is 1. The van der Waals surface area contributed by atoms with Gasteiger partial charge in [0, 0.05) is 5.56 Å². The highest BCUT2D eigenvalue weighted by molar-refractivity contribution is 7.92. The van der Waals surface area contributed by atoms with Crippen molar-refractivity contribution in [2.45, 2.75) is 20.3 Å². The minimum Gasteiger partial charge on any atom is -0.384 e. The molecule has 0 spiro atoms. The third kappa shape index (κ3) is 4.40. The van der Waals surface area contributed by atoms with Crippen molar-refractivity contribution < 1.29 is 13.5 Å². The second-order valence-corrected chi connectivity index (χ2v) is 5.75. The predicted octanol–water partition coefficient (Wildman–Crippen LogP) is 1.49. The van der Waals surface area contributed by atoms with E-state index in [2.05, 4.69) is 16.6 Å². The molecule has 4 nitrogen and oxygen atoms in total. The van der Waals surface area contributed by atoms with Gasteiger partial charge in [-0.1, -0.05) is 18.8 Å². The van der Waals surface area contributed by atoms with E-state index in [-0.39, 0.29) is 12.4 Å². The van der Waals surface area contributed by atoms with Crippen molar-refractivity contribution in [3.63, 3.8) is 0 Å². The molecule has 0 heterocycles. The quantitative estimate of drug-likeness (QED) is 0.812. The molecule has 0 fully saturated rings. The predicted molar refractivity (Wildman–Crippen MR) is 72.8 cm³/mol. The average Bonchev–Trinajstić information content (AvgIpc) is 2.29. The molecular weight excluding hydrogens is 250 g/mol. The number of aryl methyl sites for hydroxylation is 1. The van der Waals surface area contributed by atoms with Crippen LogP contribution in [-0.2, 0) is 10.0 Å². The van der Waals surface area contributed by atoms with Crippen LogP contribution in [0.4, 0.5) is 5.69 Å². The van der Waals surface area contributed by atoms with Gasteiger partial charge in [-0.3, -0.25) is 4.72 Å². The lowest BCUT2D eigenvalue weighted by Gasteiger charge is -2.10. The van der Waals surface area contributed by atoms with E-state index in [1.807, 2.05) is 13.8 Å². The van der Waals surface area contributed by atoms with Crippen LogP contribution in [0.25, 0.3) is 0 Å². The lowest BCUT2D eigenvalue weighted by Crippen LogP contribution is -2.16. The smallest absolute Gasteiger partial charge is 0.232 e. The second-order valence-electron chi connectivity index (χ2n) is 3.91. The van der Waals surface area contributed by atoms with Crippen molar-refractivity contribution >= 4 is 15.7 Å². The standard InChI is InChI=1S/C13H17NO3S/c1-3-9-18(16,17)14-13-7-6-12(5-4-8-15)10-11(13)2/h6-7,10,14-15H,3,8-9H2,1-2H3.